The molecule has 4 nitrogen and oxygen atoms in total. The van der Waals surface area contributed by atoms with E-state index in [1.807, 2.05) is 18.2 Å². The van der Waals surface area contributed by atoms with Gasteiger partial charge in [0.05, 0.1) is 11.3 Å². The number of para-hydroxylation sites is 1. The van der Waals surface area contributed by atoms with Crippen molar-refractivity contribution in [1.82, 2.24) is 0 Å². The largest absolute Gasteiger partial charge is 0.480 e. The molecule has 3 atom stereocenters. The molecule has 0 saturated carbocycles. The summed E-state index contributed by atoms with van der Waals surface area (Å²) in [5.74, 6) is -0.702. The Morgan fingerprint density at radius 3 is 3.06 bits per heavy atom. The summed E-state index contributed by atoms with van der Waals surface area (Å²) in [6.45, 7) is 0. The number of carboxylic acid groups (broad SMARTS) is 1. The van der Waals surface area contributed by atoms with E-state index in [4.69, 9.17) is 5.26 Å². The molecule has 0 fully saturated rings. The van der Waals surface area contributed by atoms with Crippen molar-refractivity contribution in [3.63, 3.8) is 0 Å². The van der Waals surface area contributed by atoms with Crippen molar-refractivity contribution in [3.8, 4) is 6.07 Å². The van der Waals surface area contributed by atoms with Crippen LogP contribution in [0.25, 0.3) is 0 Å². The van der Waals surface area contributed by atoms with Crippen LogP contribution in [0.3, 0.4) is 0 Å². The number of carbonyl (C=O) groups is 1. The van der Waals surface area contributed by atoms with Gasteiger partial charge < -0.3 is 10.4 Å². The van der Waals surface area contributed by atoms with Crippen LogP contribution >= 0.6 is 0 Å². The third-order valence-corrected chi connectivity index (χ3v) is 3.78. The van der Waals surface area contributed by atoms with Crippen LogP contribution in [0.15, 0.2) is 30.4 Å². The van der Waals surface area contributed by atoms with E-state index >= 15 is 0 Å². The van der Waals surface area contributed by atoms with Gasteiger partial charge in [-0.1, -0.05) is 24.3 Å². The number of allylic oxidation sites excluding steroid dienone is 2. The van der Waals surface area contributed by atoms with Crippen LogP contribution in [0.1, 0.15) is 23.5 Å². The second-order valence-electron chi connectivity index (χ2n) is 4.70. The van der Waals surface area contributed by atoms with Gasteiger partial charge in [0.1, 0.15) is 12.1 Å². The van der Waals surface area contributed by atoms with Gasteiger partial charge >= 0.3 is 5.97 Å². The normalized spacial score (nSPS) is 27.8. The summed E-state index contributed by atoms with van der Waals surface area (Å²) in [5.41, 5.74) is 2.23. The van der Waals surface area contributed by atoms with Crippen LogP contribution in [0.5, 0.6) is 0 Å². The molecule has 1 aromatic rings. The summed E-state index contributed by atoms with van der Waals surface area (Å²) < 4.78 is 0. The smallest absolute Gasteiger partial charge is 0.326 e. The number of anilines is 1. The fraction of sp³-hybridized carbons (Fsp3) is 0.286. The predicted octanol–water partition coefficient (Wildman–Crippen LogP) is 2.10. The summed E-state index contributed by atoms with van der Waals surface area (Å²) in [6.07, 6.45) is 4.85. The number of nitrogens with one attached hydrogen (secondary N) is 1. The van der Waals surface area contributed by atoms with Crippen molar-refractivity contribution in [2.45, 2.75) is 18.4 Å². The van der Waals surface area contributed by atoms with Gasteiger partial charge in [0, 0.05) is 11.8 Å². The second kappa shape index (κ2) is 3.88. The SMILES string of the molecule is N#Cc1cccc2c1N[C@@H](C(=O)O)[C@@H]1CC=C[C@H]21. The molecule has 0 unspecified atom stereocenters. The first-order chi connectivity index (χ1) is 8.72. The Hall–Kier alpha value is -2.28. The molecule has 0 spiro atoms. The molecular weight excluding hydrogens is 228 g/mol. The molecule has 90 valence electrons. The van der Waals surface area contributed by atoms with Gasteiger partial charge in [-0.25, -0.2) is 4.79 Å². The molecule has 2 N–H and O–H groups in total. The third kappa shape index (κ3) is 1.41. The Morgan fingerprint density at radius 1 is 1.50 bits per heavy atom. The van der Waals surface area contributed by atoms with Gasteiger partial charge in [0.15, 0.2) is 0 Å². The highest BCUT2D eigenvalue weighted by Gasteiger charge is 2.41. The van der Waals surface area contributed by atoms with Crippen LogP contribution in [-0.4, -0.2) is 17.1 Å². The molecule has 3 rings (SSSR count). The maximum absolute atomic E-state index is 11.3. The molecule has 0 radical (unpaired) electrons. The number of nitrogens with zero attached hydrogens (tertiary/aromatic N) is 1. The van der Waals surface area contributed by atoms with Gasteiger partial charge in [-0.2, -0.15) is 5.26 Å². The molecule has 0 bridgehead atoms. The van der Waals surface area contributed by atoms with Gasteiger partial charge in [0.2, 0.25) is 0 Å². The van der Waals surface area contributed by atoms with Crippen LogP contribution in [0.2, 0.25) is 0 Å². The highest BCUT2D eigenvalue weighted by Crippen LogP contribution is 2.45. The Labute approximate surface area is 105 Å². The standard InChI is InChI=1S/C14H12N2O2/c15-7-8-3-1-5-10-9-4-2-6-11(9)13(14(17)18)16-12(8)10/h1-5,9,11,13,16H,6H2,(H,17,18)/t9-,11-,13-/m1/s1. The lowest BCUT2D eigenvalue weighted by Crippen LogP contribution is -2.42. The third-order valence-electron chi connectivity index (χ3n) is 3.78. The lowest BCUT2D eigenvalue weighted by molar-refractivity contribution is -0.139. The van der Waals surface area contributed by atoms with Crippen molar-refractivity contribution in [1.29, 1.82) is 5.26 Å². The minimum absolute atomic E-state index is 0.0453. The Balaban J connectivity index is 2.15. The van der Waals surface area contributed by atoms with E-state index < -0.39 is 12.0 Å². The maximum Gasteiger partial charge on any atom is 0.326 e. The number of fused-ring (bicyclic) bond motifs is 3. The molecule has 4 heteroatoms. The monoisotopic (exact) mass is 240 g/mol. The van der Waals surface area contributed by atoms with Crippen LogP contribution in [-0.2, 0) is 4.79 Å². The van der Waals surface area contributed by atoms with Gasteiger partial charge in [-0.05, 0) is 18.1 Å². The van der Waals surface area contributed by atoms with E-state index in [9.17, 15) is 9.90 Å². The maximum atomic E-state index is 11.3. The first-order valence-corrected chi connectivity index (χ1v) is 5.91. The number of carboxylic acids is 1. The minimum atomic E-state index is -0.855. The molecule has 1 aromatic carbocycles. The van der Waals surface area contributed by atoms with Crippen molar-refractivity contribution in [3.05, 3.63) is 41.5 Å². The summed E-state index contributed by atoms with van der Waals surface area (Å²) in [6, 6.07) is 7.03. The Kier molecular flexibility index (Phi) is 2.34. The zero-order valence-electron chi connectivity index (χ0n) is 9.63. The van der Waals surface area contributed by atoms with Crippen molar-refractivity contribution in [2.75, 3.05) is 5.32 Å². The minimum Gasteiger partial charge on any atom is -0.480 e. The number of aliphatic carboxylic acids is 1. The fourth-order valence-electron chi connectivity index (χ4n) is 2.96. The van der Waals surface area contributed by atoms with E-state index in [1.54, 1.807) is 6.07 Å². The molecule has 2 aliphatic rings. The van der Waals surface area contributed by atoms with E-state index in [2.05, 4.69) is 17.5 Å². The average Bonchev–Trinajstić information content (AvgIpc) is 2.86. The molecule has 0 amide bonds. The number of nitriles is 1. The number of benzene rings is 1. The first kappa shape index (κ1) is 10.8. The van der Waals surface area contributed by atoms with Crippen molar-refractivity contribution in [2.24, 2.45) is 5.92 Å². The molecular formula is C14H12N2O2. The number of hydrogen-bond acceptors (Lipinski definition) is 3. The summed E-state index contributed by atoms with van der Waals surface area (Å²) in [5, 5.41) is 21.4. The predicted molar refractivity (Wildman–Crippen MR) is 66.2 cm³/mol. The highest BCUT2D eigenvalue weighted by atomic mass is 16.4. The molecule has 1 aliphatic heterocycles. The Bertz CT molecular complexity index is 586. The lowest BCUT2D eigenvalue weighted by atomic mass is 9.78. The quantitative estimate of drug-likeness (QED) is 0.737. The first-order valence-electron chi connectivity index (χ1n) is 5.91. The lowest BCUT2D eigenvalue weighted by Gasteiger charge is -2.35. The second-order valence-corrected chi connectivity index (χ2v) is 4.70. The van der Waals surface area contributed by atoms with Crippen molar-refractivity contribution < 1.29 is 9.90 Å². The molecule has 1 aliphatic carbocycles. The summed E-state index contributed by atoms with van der Waals surface area (Å²) in [4.78, 5) is 11.3. The van der Waals surface area contributed by atoms with Gasteiger partial charge in [0.25, 0.3) is 0 Å². The van der Waals surface area contributed by atoms with Gasteiger partial charge in [-0.3, -0.25) is 0 Å². The molecule has 1 heterocycles. The van der Waals surface area contributed by atoms with E-state index in [0.29, 0.717) is 11.3 Å². The number of hydrogen-bond donors (Lipinski definition) is 2. The summed E-state index contributed by atoms with van der Waals surface area (Å²) in [7, 11) is 0. The Morgan fingerprint density at radius 2 is 2.33 bits per heavy atom. The van der Waals surface area contributed by atoms with Gasteiger partial charge in [-0.15, -0.1) is 0 Å². The molecule has 0 saturated heterocycles. The topological polar surface area (TPSA) is 73.1 Å². The van der Waals surface area contributed by atoms with Crippen LogP contribution in [0.4, 0.5) is 5.69 Å². The zero-order chi connectivity index (χ0) is 12.7. The molecule has 0 aromatic heterocycles. The van der Waals surface area contributed by atoms with E-state index in [-0.39, 0.29) is 11.8 Å². The van der Waals surface area contributed by atoms with Crippen LogP contribution in [0, 0.1) is 17.2 Å². The van der Waals surface area contributed by atoms with E-state index in [0.717, 1.165) is 12.0 Å². The average molecular weight is 240 g/mol. The van der Waals surface area contributed by atoms with Crippen LogP contribution < -0.4 is 5.32 Å². The zero-order valence-corrected chi connectivity index (χ0v) is 9.63. The number of rotatable bonds is 1. The fourth-order valence-corrected chi connectivity index (χ4v) is 2.96. The van der Waals surface area contributed by atoms with Crippen molar-refractivity contribution >= 4 is 11.7 Å². The highest BCUT2D eigenvalue weighted by molar-refractivity contribution is 5.82. The van der Waals surface area contributed by atoms with E-state index in [1.165, 1.54) is 0 Å². The summed E-state index contributed by atoms with van der Waals surface area (Å²) >= 11 is 0. The molecule has 18 heavy (non-hydrogen) atoms.